The first-order valence-electron chi connectivity index (χ1n) is 10.0. The monoisotopic (exact) mass is 410 g/mol. The lowest BCUT2D eigenvalue weighted by molar-refractivity contribution is 0.101. The minimum Gasteiger partial charge on any atom is -0.507 e. The van der Waals surface area contributed by atoms with Crippen LogP contribution in [0.5, 0.6) is 17.2 Å². The van der Waals surface area contributed by atoms with Crippen LogP contribution in [0.1, 0.15) is 54.0 Å². The number of phenolic OH excluding ortho intramolecular Hbond substituents is 1. The number of phenols is 1. The van der Waals surface area contributed by atoms with Crippen LogP contribution in [0.3, 0.4) is 0 Å². The number of benzene rings is 2. The fourth-order valence-electron chi connectivity index (χ4n) is 3.10. The highest BCUT2D eigenvalue weighted by Gasteiger charge is 2.15. The highest BCUT2D eigenvalue weighted by molar-refractivity contribution is 5.97. The van der Waals surface area contributed by atoms with Crippen molar-refractivity contribution >= 4 is 5.78 Å². The summed E-state index contributed by atoms with van der Waals surface area (Å²) in [4.78, 5) is 11.6. The third kappa shape index (κ3) is 5.56. The van der Waals surface area contributed by atoms with Crippen molar-refractivity contribution in [3.8, 4) is 17.2 Å². The second kappa shape index (κ2) is 10.4. The lowest BCUT2D eigenvalue weighted by Crippen LogP contribution is -2.07. The van der Waals surface area contributed by atoms with Crippen molar-refractivity contribution in [1.82, 2.24) is 20.6 Å². The second-order valence-electron chi connectivity index (χ2n) is 6.94. The van der Waals surface area contributed by atoms with Gasteiger partial charge in [0.2, 0.25) is 0 Å². The third-order valence-electron chi connectivity index (χ3n) is 4.61. The van der Waals surface area contributed by atoms with Crippen LogP contribution in [0.25, 0.3) is 0 Å². The maximum absolute atomic E-state index is 11.6. The lowest BCUT2D eigenvalue weighted by Gasteiger charge is -2.15. The number of H-pyrrole nitrogens is 1. The Morgan fingerprint density at radius 1 is 1.10 bits per heavy atom. The van der Waals surface area contributed by atoms with Crippen LogP contribution in [0.2, 0.25) is 0 Å². The van der Waals surface area contributed by atoms with Gasteiger partial charge < -0.3 is 14.6 Å². The third-order valence-corrected chi connectivity index (χ3v) is 4.61. The van der Waals surface area contributed by atoms with E-state index in [-0.39, 0.29) is 11.5 Å². The number of Topliss-reactive ketones (excluding diaryl/α,β-unsaturated/α-hetero) is 1. The summed E-state index contributed by atoms with van der Waals surface area (Å²) in [5, 5.41) is 24.3. The lowest BCUT2D eigenvalue weighted by atomic mass is 10.0. The van der Waals surface area contributed by atoms with Crippen molar-refractivity contribution in [2.75, 3.05) is 13.2 Å². The Bertz CT molecular complexity index is 956. The number of ketones is 1. The molecule has 0 fully saturated rings. The number of hydrogen-bond acceptors (Lipinski definition) is 7. The van der Waals surface area contributed by atoms with Gasteiger partial charge in [0.15, 0.2) is 11.6 Å². The molecule has 0 aliphatic carbocycles. The van der Waals surface area contributed by atoms with E-state index in [1.165, 1.54) is 6.92 Å². The summed E-state index contributed by atoms with van der Waals surface area (Å²) in [6, 6.07) is 11.1. The zero-order valence-corrected chi connectivity index (χ0v) is 17.2. The Morgan fingerprint density at radius 2 is 1.87 bits per heavy atom. The minimum atomic E-state index is -0.159. The summed E-state index contributed by atoms with van der Waals surface area (Å²) in [7, 11) is 0. The Balaban J connectivity index is 1.47. The van der Waals surface area contributed by atoms with Crippen molar-refractivity contribution in [2.24, 2.45) is 0 Å². The zero-order valence-electron chi connectivity index (χ0n) is 17.2. The summed E-state index contributed by atoms with van der Waals surface area (Å²) in [6.45, 7) is 4.42. The molecule has 30 heavy (non-hydrogen) atoms. The summed E-state index contributed by atoms with van der Waals surface area (Å²) in [5.74, 6) is 1.91. The summed E-state index contributed by atoms with van der Waals surface area (Å²) in [5.41, 5.74) is 2.09. The van der Waals surface area contributed by atoms with E-state index in [0.717, 1.165) is 17.7 Å². The number of aromatic amines is 1. The van der Waals surface area contributed by atoms with Gasteiger partial charge in [0, 0.05) is 18.4 Å². The Labute approximate surface area is 175 Å². The average molecular weight is 410 g/mol. The number of carbonyl (C=O) groups excluding carboxylic acids is 1. The molecule has 0 amide bonds. The van der Waals surface area contributed by atoms with E-state index in [9.17, 15) is 9.90 Å². The first kappa shape index (κ1) is 21.3. The Kier molecular flexibility index (Phi) is 7.37. The van der Waals surface area contributed by atoms with Crippen LogP contribution in [-0.2, 0) is 12.8 Å². The topological polar surface area (TPSA) is 110 Å². The smallest absolute Gasteiger partial charge is 0.178 e. The molecule has 158 valence electrons. The number of nitrogens with zero attached hydrogens (tertiary/aromatic N) is 3. The quantitative estimate of drug-likeness (QED) is 0.368. The number of carbonyl (C=O) groups is 1. The normalized spacial score (nSPS) is 10.7. The van der Waals surface area contributed by atoms with Crippen molar-refractivity contribution < 1.29 is 19.4 Å². The first-order valence-corrected chi connectivity index (χ1v) is 10.0. The van der Waals surface area contributed by atoms with Crippen LogP contribution in [0.15, 0.2) is 36.4 Å². The van der Waals surface area contributed by atoms with E-state index >= 15 is 0 Å². The molecule has 3 rings (SSSR count). The fraction of sp³-hybridized carbons (Fsp3) is 0.364. The minimum absolute atomic E-state index is 0.0269. The van der Waals surface area contributed by atoms with E-state index in [0.29, 0.717) is 55.2 Å². The number of aromatic nitrogens is 4. The van der Waals surface area contributed by atoms with Crippen LogP contribution in [0, 0.1) is 0 Å². The second-order valence-corrected chi connectivity index (χ2v) is 6.94. The van der Waals surface area contributed by atoms with Crippen molar-refractivity contribution in [3.63, 3.8) is 0 Å². The molecule has 0 spiro atoms. The van der Waals surface area contributed by atoms with Gasteiger partial charge in [-0.15, -0.1) is 10.2 Å². The van der Waals surface area contributed by atoms with E-state index in [1.54, 1.807) is 12.1 Å². The van der Waals surface area contributed by atoms with E-state index < -0.39 is 0 Å². The first-order chi connectivity index (χ1) is 14.6. The number of ether oxygens (including phenoxy) is 2. The van der Waals surface area contributed by atoms with Gasteiger partial charge in [0.05, 0.1) is 18.8 Å². The number of nitrogens with one attached hydrogen (secondary N) is 1. The molecule has 0 aliphatic rings. The van der Waals surface area contributed by atoms with Crippen LogP contribution in [-0.4, -0.2) is 44.7 Å². The molecule has 8 nitrogen and oxygen atoms in total. The molecule has 0 aliphatic heterocycles. The molecule has 0 bridgehead atoms. The fourth-order valence-corrected chi connectivity index (χ4v) is 3.10. The molecule has 8 heteroatoms. The highest BCUT2D eigenvalue weighted by atomic mass is 16.5. The molecule has 1 aromatic heterocycles. The Morgan fingerprint density at radius 3 is 2.53 bits per heavy atom. The number of rotatable bonds is 11. The summed E-state index contributed by atoms with van der Waals surface area (Å²) >= 11 is 0. The molecule has 2 N–H and O–H groups in total. The average Bonchev–Trinajstić information content (AvgIpc) is 3.24. The predicted octanol–water partition coefficient (Wildman–Crippen LogP) is 3.50. The molecule has 0 unspecified atom stereocenters. The molecule has 0 radical (unpaired) electrons. The SMILES string of the molecule is CCCc1c(OCCCOc2ccc(Cc3nn[nH]n3)cc2)ccc(C(C)=O)c1O. The van der Waals surface area contributed by atoms with Gasteiger partial charge in [-0.05, 0) is 43.2 Å². The van der Waals surface area contributed by atoms with E-state index in [1.807, 2.05) is 31.2 Å². The maximum atomic E-state index is 11.6. The molecule has 3 aromatic rings. The highest BCUT2D eigenvalue weighted by Crippen LogP contribution is 2.33. The molecular formula is C22H26N4O4. The van der Waals surface area contributed by atoms with E-state index in [4.69, 9.17) is 9.47 Å². The van der Waals surface area contributed by atoms with Crippen LogP contribution in [0.4, 0.5) is 0 Å². The van der Waals surface area contributed by atoms with Gasteiger partial charge in [-0.1, -0.05) is 30.7 Å². The molecule has 1 heterocycles. The summed E-state index contributed by atoms with van der Waals surface area (Å²) in [6.07, 6.45) is 2.79. The number of tetrazole rings is 1. The van der Waals surface area contributed by atoms with Gasteiger partial charge in [-0.2, -0.15) is 5.21 Å². The Hall–Kier alpha value is -3.42. The molecular weight excluding hydrogens is 384 g/mol. The van der Waals surface area contributed by atoms with Gasteiger partial charge >= 0.3 is 0 Å². The van der Waals surface area contributed by atoms with Crippen molar-refractivity contribution in [1.29, 1.82) is 0 Å². The van der Waals surface area contributed by atoms with E-state index in [2.05, 4.69) is 20.6 Å². The van der Waals surface area contributed by atoms with Crippen molar-refractivity contribution in [3.05, 3.63) is 58.9 Å². The maximum Gasteiger partial charge on any atom is 0.178 e. The zero-order chi connectivity index (χ0) is 21.3. The molecule has 2 aromatic carbocycles. The summed E-state index contributed by atoms with van der Waals surface area (Å²) < 4.78 is 11.6. The van der Waals surface area contributed by atoms with Gasteiger partial charge in [-0.25, -0.2) is 0 Å². The van der Waals surface area contributed by atoms with Crippen molar-refractivity contribution in [2.45, 2.75) is 39.5 Å². The van der Waals surface area contributed by atoms with Gasteiger partial charge in [-0.3, -0.25) is 4.79 Å². The van der Waals surface area contributed by atoms with Crippen LogP contribution < -0.4 is 9.47 Å². The number of hydrogen-bond donors (Lipinski definition) is 2. The molecule has 0 atom stereocenters. The van der Waals surface area contributed by atoms with Gasteiger partial charge in [0.25, 0.3) is 0 Å². The largest absolute Gasteiger partial charge is 0.507 e. The molecule has 0 saturated carbocycles. The molecule has 0 saturated heterocycles. The van der Waals surface area contributed by atoms with Gasteiger partial charge in [0.1, 0.15) is 17.2 Å². The predicted molar refractivity (Wildman–Crippen MR) is 111 cm³/mol. The van der Waals surface area contributed by atoms with Crippen LogP contribution >= 0.6 is 0 Å². The number of aromatic hydroxyl groups is 1. The standard InChI is InChI=1S/C22H26N4O4/c1-3-5-19-20(11-10-18(15(2)27)22(19)28)30-13-4-12-29-17-8-6-16(7-9-17)14-21-23-25-26-24-21/h6-11,28H,3-5,12-14H2,1-2H3,(H,23,24,25,26).